The SMILES string of the molecule is [B]CC1=CC=CCC1C#N. The van der Waals surface area contributed by atoms with Gasteiger partial charge in [-0.25, -0.2) is 0 Å². The van der Waals surface area contributed by atoms with Crippen molar-refractivity contribution in [2.24, 2.45) is 5.92 Å². The highest BCUT2D eigenvalue weighted by Gasteiger charge is 2.11. The van der Waals surface area contributed by atoms with Crippen LogP contribution in [0.1, 0.15) is 6.42 Å². The van der Waals surface area contributed by atoms with Gasteiger partial charge in [0.2, 0.25) is 0 Å². The van der Waals surface area contributed by atoms with Gasteiger partial charge in [0.25, 0.3) is 0 Å². The quantitative estimate of drug-likeness (QED) is 0.493. The van der Waals surface area contributed by atoms with Crippen LogP contribution in [0.15, 0.2) is 23.8 Å². The Morgan fingerprint density at radius 1 is 1.80 bits per heavy atom. The van der Waals surface area contributed by atoms with E-state index in [-0.39, 0.29) is 5.92 Å². The molecule has 1 nitrogen and oxygen atoms in total. The molecule has 10 heavy (non-hydrogen) atoms. The summed E-state index contributed by atoms with van der Waals surface area (Å²) in [6.07, 6.45) is 7.20. The standard InChI is InChI=1S/C8H8BN/c9-5-7-3-1-2-4-8(7)6-10/h1-3,8H,4-5H2. The lowest BCUT2D eigenvalue weighted by atomic mass is 9.84. The molecule has 1 atom stereocenters. The van der Waals surface area contributed by atoms with E-state index in [1.54, 1.807) is 0 Å². The molecule has 0 heterocycles. The molecular formula is C8H8BN. The predicted molar refractivity (Wildman–Crippen MR) is 41.5 cm³/mol. The first kappa shape index (κ1) is 7.15. The Morgan fingerprint density at radius 2 is 2.60 bits per heavy atom. The first-order chi connectivity index (χ1) is 4.88. The third-order valence-electron chi connectivity index (χ3n) is 1.66. The number of nitriles is 1. The summed E-state index contributed by atoms with van der Waals surface area (Å²) < 4.78 is 0. The Hall–Kier alpha value is -0.965. The van der Waals surface area contributed by atoms with Crippen LogP contribution in [0.4, 0.5) is 0 Å². The maximum Gasteiger partial charge on any atom is 0.0712 e. The molecule has 1 aliphatic carbocycles. The molecule has 2 heteroatoms. The van der Waals surface area contributed by atoms with E-state index in [0.29, 0.717) is 6.32 Å². The number of rotatable bonds is 1. The van der Waals surface area contributed by atoms with Crippen LogP contribution in [0, 0.1) is 17.2 Å². The molecule has 0 fully saturated rings. The lowest BCUT2D eigenvalue weighted by Gasteiger charge is -2.12. The minimum Gasteiger partial charge on any atom is -0.198 e. The van der Waals surface area contributed by atoms with E-state index in [1.807, 2.05) is 18.2 Å². The number of hydrogen-bond donors (Lipinski definition) is 0. The highest BCUT2D eigenvalue weighted by Crippen LogP contribution is 2.21. The zero-order valence-electron chi connectivity index (χ0n) is 5.75. The molecule has 0 bridgehead atoms. The van der Waals surface area contributed by atoms with Crippen molar-refractivity contribution in [3.8, 4) is 6.07 Å². The second-order valence-corrected chi connectivity index (χ2v) is 2.29. The number of nitrogens with zero attached hydrogens (tertiary/aromatic N) is 1. The van der Waals surface area contributed by atoms with Gasteiger partial charge in [-0.3, -0.25) is 0 Å². The third kappa shape index (κ3) is 1.30. The van der Waals surface area contributed by atoms with E-state index in [1.165, 1.54) is 0 Å². The van der Waals surface area contributed by atoms with Gasteiger partial charge in [0.1, 0.15) is 0 Å². The minimum absolute atomic E-state index is 0.0231. The van der Waals surface area contributed by atoms with Gasteiger partial charge in [0.05, 0.1) is 19.8 Å². The number of allylic oxidation sites excluding steroid dienone is 4. The van der Waals surface area contributed by atoms with Crippen LogP contribution in [-0.4, -0.2) is 7.85 Å². The van der Waals surface area contributed by atoms with E-state index in [4.69, 9.17) is 13.1 Å². The van der Waals surface area contributed by atoms with Gasteiger partial charge in [-0.15, -0.1) is 0 Å². The van der Waals surface area contributed by atoms with Crippen molar-refractivity contribution in [2.45, 2.75) is 12.7 Å². The Bertz CT molecular complexity index is 210. The van der Waals surface area contributed by atoms with E-state index >= 15 is 0 Å². The largest absolute Gasteiger partial charge is 0.198 e. The molecule has 2 radical (unpaired) electrons. The Morgan fingerprint density at radius 3 is 3.10 bits per heavy atom. The fourth-order valence-corrected chi connectivity index (χ4v) is 1.02. The molecule has 0 spiro atoms. The van der Waals surface area contributed by atoms with Crippen LogP contribution in [0.2, 0.25) is 6.32 Å². The molecule has 1 rings (SSSR count). The van der Waals surface area contributed by atoms with Crippen molar-refractivity contribution in [1.29, 1.82) is 5.26 Å². The minimum atomic E-state index is 0.0231. The average molecular weight is 129 g/mol. The summed E-state index contributed by atoms with van der Waals surface area (Å²) in [5.74, 6) is 0.0231. The van der Waals surface area contributed by atoms with Crippen LogP contribution in [0.3, 0.4) is 0 Å². The summed E-state index contributed by atoms with van der Waals surface area (Å²) in [5.41, 5.74) is 1.05. The fraction of sp³-hybridized carbons (Fsp3) is 0.375. The summed E-state index contributed by atoms with van der Waals surface area (Å²) >= 11 is 0. The Kier molecular flexibility index (Phi) is 2.33. The molecule has 48 valence electrons. The lowest BCUT2D eigenvalue weighted by Crippen LogP contribution is -2.02. The Labute approximate surface area is 62.5 Å². The molecule has 0 N–H and O–H groups in total. The first-order valence-corrected chi connectivity index (χ1v) is 3.33. The van der Waals surface area contributed by atoms with Gasteiger partial charge < -0.3 is 0 Å². The molecular weight excluding hydrogens is 121 g/mol. The monoisotopic (exact) mass is 129 g/mol. The first-order valence-electron chi connectivity index (χ1n) is 3.33. The van der Waals surface area contributed by atoms with Crippen LogP contribution in [0.25, 0.3) is 0 Å². The summed E-state index contributed by atoms with van der Waals surface area (Å²) in [6.45, 7) is 0. The molecule has 0 amide bonds. The third-order valence-corrected chi connectivity index (χ3v) is 1.66. The molecule has 0 aliphatic heterocycles. The van der Waals surface area contributed by atoms with Crippen LogP contribution in [-0.2, 0) is 0 Å². The average Bonchev–Trinajstić information content (AvgIpc) is 2.04. The van der Waals surface area contributed by atoms with Gasteiger partial charge in [0, 0.05) is 0 Å². The van der Waals surface area contributed by atoms with Gasteiger partial charge in [-0.1, -0.05) is 30.1 Å². The smallest absolute Gasteiger partial charge is 0.0712 e. The second-order valence-electron chi connectivity index (χ2n) is 2.29. The van der Waals surface area contributed by atoms with Crippen LogP contribution in [0.5, 0.6) is 0 Å². The molecule has 0 aromatic heterocycles. The normalized spacial score (nSPS) is 23.5. The maximum absolute atomic E-state index is 8.61. The zero-order chi connectivity index (χ0) is 7.40. The molecule has 0 saturated heterocycles. The van der Waals surface area contributed by atoms with Gasteiger partial charge >= 0.3 is 0 Å². The second kappa shape index (κ2) is 3.27. The van der Waals surface area contributed by atoms with Crippen molar-refractivity contribution in [3.05, 3.63) is 23.8 Å². The highest BCUT2D eigenvalue weighted by molar-refractivity contribution is 6.10. The molecule has 1 aliphatic rings. The van der Waals surface area contributed by atoms with Gasteiger partial charge in [-0.2, -0.15) is 5.26 Å². The van der Waals surface area contributed by atoms with Crippen molar-refractivity contribution >= 4 is 7.85 Å². The lowest BCUT2D eigenvalue weighted by molar-refractivity contribution is 0.779. The van der Waals surface area contributed by atoms with Crippen molar-refractivity contribution in [1.82, 2.24) is 0 Å². The van der Waals surface area contributed by atoms with E-state index in [9.17, 15) is 0 Å². The van der Waals surface area contributed by atoms with E-state index in [2.05, 4.69) is 6.07 Å². The summed E-state index contributed by atoms with van der Waals surface area (Å²) in [5, 5.41) is 8.61. The van der Waals surface area contributed by atoms with Crippen molar-refractivity contribution in [2.75, 3.05) is 0 Å². The Balaban J connectivity index is 2.73. The van der Waals surface area contributed by atoms with Gasteiger partial charge in [0.15, 0.2) is 0 Å². The topological polar surface area (TPSA) is 23.8 Å². The van der Waals surface area contributed by atoms with Gasteiger partial charge in [-0.05, 0) is 6.42 Å². The molecule has 0 aromatic carbocycles. The summed E-state index contributed by atoms with van der Waals surface area (Å²) in [4.78, 5) is 0. The van der Waals surface area contributed by atoms with Crippen LogP contribution < -0.4 is 0 Å². The summed E-state index contributed by atoms with van der Waals surface area (Å²) in [6, 6.07) is 2.21. The predicted octanol–water partition coefficient (Wildman–Crippen LogP) is 1.60. The highest BCUT2D eigenvalue weighted by atomic mass is 14.3. The van der Waals surface area contributed by atoms with Crippen molar-refractivity contribution < 1.29 is 0 Å². The summed E-state index contributed by atoms with van der Waals surface area (Å²) in [7, 11) is 5.42. The van der Waals surface area contributed by atoms with E-state index in [0.717, 1.165) is 12.0 Å². The van der Waals surface area contributed by atoms with Crippen molar-refractivity contribution in [3.63, 3.8) is 0 Å². The van der Waals surface area contributed by atoms with Crippen LogP contribution >= 0.6 is 0 Å². The molecule has 0 saturated carbocycles. The molecule has 0 aromatic rings. The molecule has 1 unspecified atom stereocenters. The zero-order valence-corrected chi connectivity index (χ0v) is 5.75. The maximum atomic E-state index is 8.61. The fourth-order valence-electron chi connectivity index (χ4n) is 1.02. The van der Waals surface area contributed by atoms with E-state index < -0.39 is 0 Å². The number of hydrogen-bond acceptors (Lipinski definition) is 1.